The van der Waals surface area contributed by atoms with Gasteiger partial charge in [-0.3, -0.25) is 4.99 Å². The first-order valence-corrected chi connectivity index (χ1v) is 9.89. The zero-order chi connectivity index (χ0) is 16.8. The Morgan fingerprint density at radius 3 is 2.84 bits per heavy atom. The number of furan rings is 1. The van der Waals surface area contributed by atoms with Gasteiger partial charge in [-0.1, -0.05) is 12.1 Å². The first-order chi connectivity index (χ1) is 11.8. The molecule has 2 heterocycles. The highest BCUT2D eigenvalue weighted by Gasteiger charge is 2.10. The van der Waals surface area contributed by atoms with E-state index in [4.69, 9.17) is 4.42 Å². The van der Waals surface area contributed by atoms with Gasteiger partial charge in [0.25, 0.3) is 0 Å². The highest BCUT2D eigenvalue weighted by molar-refractivity contribution is 14.0. The minimum atomic E-state index is 0. The molecule has 1 aromatic carbocycles. The van der Waals surface area contributed by atoms with Crippen molar-refractivity contribution < 1.29 is 4.42 Å². The Morgan fingerprint density at radius 2 is 2.08 bits per heavy atom. The van der Waals surface area contributed by atoms with E-state index >= 15 is 0 Å². The number of guanidine groups is 1. The van der Waals surface area contributed by atoms with Gasteiger partial charge in [0.15, 0.2) is 16.7 Å². The zero-order valence-electron chi connectivity index (χ0n) is 14.1. The maximum Gasteiger partial charge on any atom is 0.191 e. The van der Waals surface area contributed by atoms with Crippen LogP contribution in [0.2, 0.25) is 0 Å². The molecule has 0 aliphatic carbocycles. The molecule has 134 valence electrons. The fourth-order valence-electron chi connectivity index (χ4n) is 2.23. The van der Waals surface area contributed by atoms with Crippen LogP contribution in [0, 0.1) is 0 Å². The Kier molecular flexibility index (Phi) is 8.04. The molecule has 3 aromatic rings. The number of hydrogen-bond acceptors (Lipinski definition) is 5. The molecule has 5 nitrogen and oxygen atoms in total. The molecular weight excluding hydrogens is 467 g/mol. The summed E-state index contributed by atoms with van der Waals surface area (Å²) in [6, 6.07) is 12.1. The third-order valence-electron chi connectivity index (χ3n) is 3.42. The van der Waals surface area contributed by atoms with Gasteiger partial charge in [-0.2, -0.15) is 11.8 Å². The van der Waals surface area contributed by atoms with E-state index in [0.717, 1.165) is 40.3 Å². The van der Waals surface area contributed by atoms with Crippen LogP contribution < -0.4 is 10.6 Å². The minimum absolute atomic E-state index is 0. The smallest absolute Gasteiger partial charge is 0.191 e. The van der Waals surface area contributed by atoms with Crippen molar-refractivity contribution in [2.24, 2.45) is 4.99 Å². The van der Waals surface area contributed by atoms with Gasteiger partial charge in [0.05, 0.1) is 16.8 Å². The van der Waals surface area contributed by atoms with Crippen LogP contribution in [0.4, 0.5) is 0 Å². The number of nitrogens with one attached hydrogen (secondary N) is 2. The van der Waals surface area contributed by atoms with Crippen LogP contribution in [0.3, 0.4) is 0 Å². The summed E-state index contributed by atoms with van der Waals surface area (Å²) in [6.45, 7) is 1.47. The summed E-state index contributed by atoms with van der Waals surface area (Å²) in [5, 5.41) is 7.43. The molecule has 0 fully saturated rings. The first-order valence-electron chi connectivity index (χ1n) is 7.68. The Bertz CT molecular complexity index is 798. The van der Waals surface area contributed by atoms with Gasteiger partial charge in [-0.05, 0) is 30.5 Å². The number of para-hydroxylation sites is 1. The zero-order valence-corrected chi connectivity index (χ0v) is 18.1. The largest absolute Gasteiger partial charge is 0.457 e. The maximum atomic E-state index is 5.92. The molecule has 25 heavy (non-hydrogen) atoms. The van der Waals surface area contributed by atoms with Crippen molar-refractivity contribution in [1.29, 1.82) is 0 Å². The summed E-state index contributed by atoms with van der Waals surface area (Å²) in [6.07, 6.45) is 2.09. The van der Waals surface area contributed by atoms with E-state index in [2.05, 4.69) is 32.9 Å². The number of halogens is 1. The number of aliphatic imine (C=N–C) groups is 1. The van der Waals surface area contributed by atoms with E-state index in [9.17, 15) is 0 Å². The molecule has 0 bridgehead atoms. The van der Waals surface area contributed by atoms with Crippen molar-refractivity contribution in [2.45, 2.75) is 6.54 Å². The molecule has 2 aromatic heterocycles. The number of aromatic nitrogens is 1. The molecule has 0 saturated carbocycles. The fraction of sp³-hybridized carbons (Fsp3) is 0.294. The van der Waals surface area contributed by atoms with Crippen molar-refractivity contribution >= 4 is 63.3 Å². The number of hydrogen-bond donors (Lipinski definition) is 2. The van der Waals surface area contributed by atoms with E-state index in [1.54, 1.807) is 30.1 Å². The summed E-state index contributed by atoms with van der Waals surface area (Å²) in [5.41, 5.74) is 1.01. The number of benzene rings is 1. The van der Waals surface area contributed by atoms with Gasteiger partial charge < -0.3 is 15.1 Å². The molecule has 0 amide bonds. The summed E-state index contributed by atoms with van der Waals surface area (Å²) >= 11 is 3.44. The lowest BCUT2D eigenvalue weighted by atomic mass is 10.3. The summed E-state index contributed by atoms with van der Waals surface area (Å²) in [5.74, 6) is 3.49. The number of thiazole rings is 1. The standard InChI is InChI=1S/C17H20N4OS2.HI/c1-18-17(19-9-10-23-2)20-11-12-7-8-14(22-12)16-21-13-5-3-4-6-15(13)24-16;/h3-8H,9-11H2,1-2H3,(H2,18,19,20);1H. The van der Waals surface area contributed by atoms with Crippen LogP contribution in [0.1, 0.15) is 5.76 Å². The molecule has 0 aliphatic heterocycles. The average Bonchev–Trinajstić information content (AvgIpc) is 3.24. The molecule has 0 atom stereocenters. The van der Waals surface area contributed by atoms with E-state index < -0.39 is 0 Å². The summed E-state index contributed by atoms with van der Waals surface area (Å²) in [4.78, 5) is 8.83. The number of rotatable bonds is 6. The molecule has 0 spiro atoms. The van der Waals surface area contributed by atoms with Crippen molar-refractivity contribution in [2.75, 3.05) is 25.6 Å². The second-order valence-electron chi connectivity index (χ2n) is 5.10. The lowest BCUT2D eigenvalue weighted by Gasteiger charge is -2.09. The van der Waals surface area contributed by atoms with E-state index in [-0.39, 0.29) is 24.0 Å². The van der Waals surface area contributed by atoms with Gasteiger partial charge in [-0.25, -0.2) is 4.98 Å². The number of thioether (sulfide) groups is 1. The normalized spacial score (nSPS) is 11.4. The molecule has 0 saturated heterocycles. The lowest BCUT2D eigenvalue weighted by molar-refractivity contribution is 0.513. The van der Waals surface area contributed by atoms with Crippen LogP contribution in [-0.2, 0) is 6.54 Å². The molecule has 3 rings (SSSR count). The third kappa shape index (κ3) is 5.35. The number of fused-ring (bicyclic) bond motifs is 1. The van der Waals surface area contributed by atoms with Crippen LogP contribution in [-0.4, -0.2) is 36.5 Å². The van der Waals surface area contributed by atoms with Gasteiger partial charge in [0.1, 0.15) is 5.76 Å². The third-order valence-corrected chi connectivity index (χ3v) is 5.08. The molecular formula is C17H21IN4OS2. The highest BCUT2D eigenvalue weighted by Crippen LogP contribution is 2.30. The predicted molar refractivity (Wildman–Crippen MR) is 119 cm³/mol. The van der Waals surface area contributed by atoms with Gasteiger partial charge in [0, 0.05) is 19.3 Å². The highest BCUT2D eigenvalue weighted by atomic mass is 127. The first kappa shape index (κ1) is 20.1. The monoisotopic (exact) mass is 488 g/mol. The fourth-order valence-corrected chi connectivity index (χ4v) is 3.46. The molecule has 2 N–H and O–H groups in total. The SMILES string of the molecule is CN=C(NCCSC)NCc1ccc(-c2nc3ccccc3s2)o1.I. The van der Waals surface area contributed by atoms with Gasteiger partial charge >= 0.3 is 0 Å². The van der Waals surface area contributed by atoms with Crippen molar-refractivity contribution in [1.82, 2.24) is 15.6 Å². The van der Waals surface area contributed by atoms with Gasteiger partial charge in [0.2, 0.25) is 0 Å². The van der Waals surface area contributed by atoms with E-state index in [0.29, 0.717) is 6.54 Å². The summed E-state index contributed by atoms with van der Waals surface area (Å²) < 4.78 is 7.09. The van der Waals surface area contributed by atoms with E-state index in [1.165, 1.54) is 4.70 Å². The molecule has 8 heteroatoms. The van der Waals surface area contributed by atoms with Crippen LogP contribution in [0.15, 0.2) is 45.8 Å². The molecule has 0 radical (unpaired) electrons. The van der Waals surface area contributed by atoms with Gasteiger partial charge in [-0.15, -0.1) is 35.3 Å². The second-order valence-corrected chi connectivity index (χ2v) is 7.11. The Morgan fingerprint density at radius 1 is 1.24 bits per heavy atom. The topological polar surface area (TPSA) is 62.5 Å². The predicted octanol–water partition coefficient (Wildman–Crippen LogP) is 4.20. The molecule has 0 aliphatic rings. The maximum absolute atomic E-state index is 5.92. The van der Waals surface area contributed by atoms with Crippen molar-refractivity contribution in [3.05, 3.63) is 42.2 Å². The quantitative estimate of drug-likeness (QED) is 0.236. The van der Waals surface area contributed by atoms with E-state index in [1.807, 2.05) is 30.3 Å². The van der Waals surface area contributed by atoms with Crippen LogP contribution in [0.25, 0.3) is 21.0 Å². The lowest BCUT2D eigenvalue weighted by Crippen LogP contribution is -2.37. The Labute approximate surface area is 172 Å². The minimum Gasteiger partial charge on any atom is -0.457 e. The summed E-state index contributed by atoms with van der Waals surface area (Å²) in [7, 11) is 1.77. The molecule has 0 unspecified atom stereocenters. The number of nitrogens with zero attached hydrogens (tertiary/aromatic N) is 2. The van der Waals surface area contributed by atoms with Crippen molar-refractivity contribution in [3.63, 3.8) is 0 Å². The van der Waals surface area contributed by atoms with Crippen LogP contribution >= 0.6 is 47.1 Å². The Balaban J connectivity index is 0.00000225. The average molecular weight is 488 g/mol. The van der Waals surface area contributed by atoms with Crippen LogP contribution in [0.5, 0.6) is 0 Å². The van der Waals surface area contributed by atoms with Crippen molar-refractivity contribution in [3.8, 4) is 10.8 Å². The Hall–Kier alpha value is -1.26. The second kappa shape index (κ2) is 10.0.